The maximum atomic E-state index is 14.8. The van der Waals surface area contributed by atoms with Gasteiger partial charge >= 0.3 is 6.18 Å². The molecule has 2 aliphatic carbocycles. The number of benzene rings is 2. The highest BCUT2D eigenvalue weighted by atomic mass is 19.4. The van der Waals surface area contributed by atoms with E-state index in [1.54, 1.807) is 29.2 Å². The molecule has 0 spiro atoms. The van der Waals surface area contributed by atoms with E-state index >= 15 is 0 Å². The van der Waals surface area contributed by atoms with Crippen LogP contribution in [0.15, 0.2) is 42.5 Å². The fourth-order valence-corrected chi connectivity index (χ4v) is 5.54. The molecule has 0 unspecified atom stereocenters. The van der Waals surface area contributed by atoms with Gasteiger partial charge in [-0.2, -0.15) is 13.2 Å². The van der Waals surface area contributed by atoms with Crippen molar-refractivity contribution < 1.29 is 31.9 Å². The monoisotopic (exact) mass is 517 g/mol. The van der Waals surface area contributed by atoms with Crippen molar-refractivity contribution in [3.63, 3.8) is 0 Å². The van der Waals surface area contributed by atoms with Crippen molar-refractivity contribution in [3.05, 3.63) is 65.0 Å². The van der Waals surface area contributed by atoms with Crippen LogP contribution in [-0.2, 0) is 15.8 Å². The van der Waals surface area contributed by atoms with Gasteiger partial charge in [0.1, 0.15) is 11.9 Å². The lowest BCUT2D eigenvalue weighted by molar-refractivity contribution is -0.137. The Bertz CT molecular complexity index is 1240. The zero-order chi connectivity index (χ0) is 26.5. The highest BCUT2D eigenvalue weighted by molar-refractivity contribution is 6.05. The normalized spacial score (nSPS) is 23.6. The zero-order valence-corrected chi connectivity index (χ0v) is 20.1. The fourth-order valence-electron chi connectivity index (χ4n) is 5.54. The minimum atomic E-state index is -4.67. The van der Waals surface area contributed by atoms with Crippen molar-refractivity contribution in [1.82, 2.24) is 10.2 Å². The lowest BCUT2D eigenvalue weighted by Gasteiger charge is -2.37. The number of anilines is 1. The number of rotatable bonds is 6. The van der Waals surface area contributed by atoms with E-state index in [2.05, 4.69) is 10.6 Å². The molecule has 2 aromatic carbocycles. The second-order valence-electron chi connectivity index (χ2n) is 10.2. The molecule has 10 heteroatoms. The van der Waals surface area contributed by atoms with Crippen molar-refractivity contribution in [2.24, 2.45) is 11.8 Å². The van der Waals surface area contributed by atoms with Crippen LogP contribution in [-0.4, -0.2) is 34.7 Å². The summed E-state index contributed by atoms with van der Waals surface area (Å²) in [6.45, 7) is 1.34. The molecule has 6 nitrogen and oxygen atoms in total. The zero-order valence-electron chi connectivity index (χ0n) is 20.1. The van der Waals surface area contributed by atoms with E-state index < -0.39 is 35.5 Å². The van der Waals surface area contributed by atoms with Gasteiger partial charge in [-0.1, -0.05) is 18.2 Å². The Hall–Kier alpha value is -3.43. The van der Waals surface area contributed by atoms with Crippen LogP contribution in [0.25, 0.3) is 0 Å². The first-order chi connectivity index (χ1) is 17.5. The minimum Gasteiger partial charge on any atom is -0.347 e. The van der Waals surface area contributed by atoms with Gasteiger partial charge in [0, 0.05) is 18.5 Å². The van der Waals surface area contributed by atoms with E-state index in [4.69, 9.17) is 0 Å². The summed E-state index contributed by atoms with van der Waals surface area (Å²) in [5.41, 5.74) is -0.449. The number of fused-ring (bicyclic) bond motifs is 1. The van der Waals surface area contributed by atoms with Crippen molar-refractivity contribution in [2.45, 2.75) is 63.3 Å². The van der Waals surface area contributed by atoms with Crippen LogP contribution < -0.4 is 10.6 Å². The topological polar surface area (TPSA) is 78.5 Å². The molecule has 196 valence electrons. The van der Waals surface area contributed by atoms with Crippen LogP contribution in [0, 0.1) is 17.7 Å². The average Bonchev–Trinajstić information content (AvgIpc) is 3.62. The number of amides is 3. The predicted octanol–water partition coefficient (Wildman–Crippen LogP) is 5.06. The van der Waals surface area contributed by atoms with Crippen LogP contribution in [0.1, 0.15) is 66.6 Å². The molecule has 3 aliphatic rings. The van der Waals surface area contributed by atoms with E-state index in [1.807, 2.05) is 0 Å². The maximum Gasteiger partial charge on any atom is 0.416 e. The molecule has 2 N–H and O–H groups in total. The first-order valence-electron chi connectivity index (χ1n) is 12.4. The quantitative estimate of drug-likeness (QED) is 0.526. The molecule has 1 saturated heterocycles. The summed E-state index contributed by atoms with van der Waals surface area (Å²) < 4.78 is 53.9. The maximum absolute atomic E-state index is 14.8. The van der Waals surface area contributed by atoms with Gasteiger partial charge in [0.15, 0.2) is 0 Å². The van der Waals surface area contributed by atoms with Crippen LogP contribution in [0.2, 0.25) is 0 Å². The largest absolute Gasteiger partial charge is 0.416 e. The van der Waals surface area contributed by atoms with E-state index in [9.17, 15) is 31.9 Å². The molecule has 3 fully saturated rings. The number of alkyl halides is 3. The molecule has 3 amide bonds. The van der Waals surface area contributed by atoms with E-state index in [0.29, 0.717) is 31.0 Å². The van der Waals surface area contributed by atoms with Gasteiger partial charge in [0.25, 0.3) is 5.91 Å². The molecule has 4 atom stereocenters. The highest BCUT2D eigenvalue weighted by Gasteiger charge is 2.52. The van der Waals surface area contributed by atoms with Gasteiger partial charge in [-0.05, 0) is 68.2 Å². The molecular formula is C27H27F4N3O3. The Morgan fingerprint density at radius 2 is 1.76 bits per heavy atom. The van der Waals surface area contributed by atoms with Crippen molar-refractivity contribution >= 4 is 23.4 Å². The van der Waals surface area contributed by atoms with Gasteiger partial charge in [0.05, 0.1) is 22.9 Å². The number of halogens is 4. The Morgan fingerprint density at radius 3 is 2.35 bits per heavy atom. The van der Waals surface area contributed by atoms with Gasteiger partial charge in [-0.3, -0.25) is 14.4 Å². The molecule has 1 heterocycles. The SMILES string of the molecule is CC(=O)Nc1ccccc1C(=O)N1[C@@H](C(=O)N[C@@H](c2ccc(C(F)(F)F)cc2F)C2CC2)C[C@H]2CC[C@H]21. The molecule has 37 heavy (non-hydrogen) atoms. The number of para-hydroxylation sites is 1. The first-order valence-corrected chi connectivity index (χ1v) is 12.4. The smallest absolute Gasteiger partial charge is 0.347 e. The number of hydrogen-bond donors (Lipinski definition) is 2. The summed E-state index contributed by atoms with van der Waals surface area (Å²) in [5, 5.41) is 5.52. The van der Waals surface area contributed by atoms with Gasteiger partial charge in [0.2, 0.25) is 11.8 Å². The van der Waals surface area contributed by atoms with Gasteiger partial charge in [-0.25, -0.2) is 4.39 Å². The molecule has 1 aliphatic heterocycles. The number of hydrogen-bond acceptors (Lipinski definition) is 3. The second kappa shape index (κ2) is 9.46. The molecule has 2 aromatic rings. The van der Waals surface area contributed by atoms with Gasteiger partial charge in [-0.15, -0.1) is 0 Å². The van der Waals surface area contributed by atoms with E-state index in [-0.39, 0.29) is 40.8 Å². The van der Waals surface area contributed by atoms with E-state index in [0.717, 1.165) is 25.0 Å². The lowest BCUT2D eigenvalue weighted by Crippen LogP contribution is -2.51. The Labute approximate surface area is 211 Å². The van der Waals surface area contributed by atoms with Crippen molar-refractivity contribution in [3.8, 4) is 0 Å². The Kier molecular flexibility index (Phi) is 6.45. The number of carbonyl (C=O) groups is 3. The number of nitrogens with one attached hydrogen (secondary N) is 2. The molecule has 0 bridgehead atoms. The number of nitrogens with zero attached hydrogens (tertiary/aromatic N) is 1. The van der Waals surface area contributed by atoms with Crippen LogP contribution in [0.4, 0.5) is 23.2 Å². The van der Waals surface area contributed by atoms with Crippen LogP contribution in [0.5, 0.6) is 0 Å². The van der Waals surface area contributed by atoms with Gasteiger partial charge < -0.3 is 15.5 Å². The molecule has 2 saturated carbocycles. The number of likely N-dealkylation sites (tertiary alicyclic amines) is 1. The minimum absolute atomic E-state index is 0.0127. The van der Waals surface area contributed by atoms with Crippen molar-refractivity contribution in [2.75, 3.05) is 5.32 Å². The van der Waals surface area contributed by atoms with Crippen LogP contribution >= 0.6 is 0 Å². The summed E-state index contributed by atoms with van der Waals surface area (Å²) in [5.74, 6) is -2.09. The third-order valence-electron chi connectivity index (χ3n) is 7.66. The first kappa shape index (κ1) is 25.2. The predicted molar refractivity (Wildman–Crippen MR) is 127 cm³/mol. The molecule has 0 radical (unpaired) electrons. The summed E-state index contributed by atoms with van der Waals surface area (Å²) in [6, 6.07) is 7.27. The fraction of sp³-hybridized carbons (Fsp3) is 0.444. The summed E-state index contributed by atoms with van der Waals surface area (Å²) in [6.07, 6.45) is -1.15. The second-order valence-corrected chi connectivity index (χ2v) is 10.2. The standard InChI is InChI=1S/C27H27F4N3O3/c1-14(35)32-21-5-3-2-4-19(21)26(37)34-22-11-8-16(22)12-23(34)25(36)33-24(15-6-7-15)18-10-9-17(13-20(18)28)27(29,30)31/h2-5,9-10,13,15-16,22-24H,6-8,11-12H2,1H3,(H,32,35)(H,33,36)/t16-,22-,23-,24-/m1/s1. The average molecular weight is 518 g/mol. The number of carbonyl (C=O) groups excluding carboxylic acids is 3. The molecule has 0 aromatic heterocycles. The Balaban J connectivity index is 1.40. The lowest BCUT2D eigenvalue weighted by atomic mass is 9.80. The summed E-state index contributed by atoms with van der Waals surface area (Å²) in [7, 11) is 0. The Morgan fingerprint density at radius 1 is 1.03 bits per heavy atom. The van der Waals surface area contributed by atoms with Crippen LogP contribution in [0.3, 0.4) is 0 Å². The third kappa shape index (κ3) is 4.93. The van der Waals surface area contributed by atoms with E-state index in [1.165, 1.54) is 6.92 Å². The summed E-state index contributed by atoms with van der Waals surface area (Å²) in [4.78, 5) is 40.4. The third-order valence-corrected chi connectivity index (χ3v) is 7.66. The molecular weight excluding hydrogens is 490 g/mol. The summed E-state index contributed by atoms with van der Waals surface area (Å²) >= 11 is 0. The highest BCUT2D eigenvalue weighted by Crippen LogP contribution is 2.46. The molecule has 5 rings (SSSR count). The van der Waals surface area contributed by atoms with Crippen molar-refractivity contribution in [1.29, 1.82) is 0 Å².